The highest BCUT2D eigenvalue weighted by Gasteiger charge is 1.96. The number of hydrogen-bond donors (Lipinski definition) is 0. The molecule has 7 heavy (non-hydrogen) atoms. The summed E-state index contributed by atoms with van der Waals surface area (Å²) in [6, 6.07) is 0. The summed E-state index contributed by atoms with van der Waals surface area (Å²) in [5.74, 6) is 1.17. The maximum atomic E-state index is 5.16. The van der Waals surface area contributed by atoms with E-state index < -0.39 is 5.24 Å². The normalized spacial score (nSPS) is 11.9. The standard InChI is InChI=1S/C4H11PS2/c1-4-7-5(2,3)6/h4H2,1-3H3. The lowest BCUT2D eigenvalue weighted by Crippen LogP contribution is -1.66. The summed E-state index contributed by atoms with van der Waals surface area (Å²) in [4.78, 5) is 0. The van der Waals surface area contributed by atoms with E-state index in [1.807, 2.05) is 11.4 Å². The van der Waals surface area contributed by atoms with Gasteiger partial charge >= 0.3 is 0 Å². The first-order valence-corrected chi connectivity index (χ1v) is 7.54. The van der Waals surface area contributed by atoms with Crippen LogP contribution >= 0.6 is 16.6 Å². The molecule has 0 aromatic rings. The van der Waals surface area contributed by atoms with Crippen LogP contribution in [-0.2, 0) is 11.8 Å². The molecule has 0 aliphatic carbocycles. The minimum absolute atomic E-state index is 0.916. The largest absolute Gasteiger partial charge is 0.125 e. The molecular formula is C4H11PS2. The quantitative estimate of drug-likeness (QED) is 0.560. The molecule has 44 valence electrons. The first kappa shape index (κ1) is 8.00. The molecule has 0 aliphatic rings. The van der Waals surface area contributed by atoms with Crippen molar-refractivity contribution in [3.05, 3.63) is 0 Å². The molecule has 0 radical (unpaired) electrons. The van der Waals surface area contributed by atoms with Crippen LogP contribution in [0.5, 0.6) is 0 Å². The summed E-state index contributed by atoms with van der Waals surface area (Å²) in [5, 5.41) is -0.916. The highest BCUT2D eigenvalue weighted by atomic mass is 32.9. The van der Waals surface area contributed by atoms with Gasteiger partial charge in [0.05, 0.1) is 0 Å². The molecule has 0 aromatic heterocycles. The van der Waals surface area contributed by atoms with Gasteiger partial charge in [-0.25, -0.2) is 0 Å². The third kappa shape index (κ3) is 7.00. The van der Waals surface area contributed by atoms with Gasteiger partial charge in [-0.3, -0.25) is 0 Å². The Balaban J connectivity index is 3.36. The zero-order valence-corrected chi connectivity index (χ0v) is 7.50. The van der Waals surface area contributed by atoms with Crippen molar-refractivity contribution in [1.82, 2.24) is 0 Å². The van der Waals surface area contributed by atoms with Gasteiger partial charge in [-0.05, 0) is 19.1 Å². The van der Waals surface area contributed by atoms with Crippen molar-refractivity contribution < 1.29 is 0 Å². The Bertz CT molecular complexity index is 83.7. The second-order valence-corrected chi connectivity index (χ2v) is 12.0. The highest BCUT2D eigenvalue weighted by molar-refractivity contribution is 8.70. The molecule has 0 atom stereocenters. The Morgan fingerprint density at radius 3 is 2.00 bits per heavy atom. The Labute approximate surface area is 54.8 Å². The SMILES string of the molecule is CCSP(C)(C)=S. The summed E-state index contributed by atoms with van der Waals surface area (Å²) in [5.41, 5.74) is 0. The number of rotatable bonds is 2. The molecule has 0 rings (SSSR count). The van der Waals surface area contributed by atoms with Crippen LogP contribution in [0, 0.1) is 0 Å². The molecule has 0 heterocycles. The van der Waals surface area contributed by atoms with Crippen molar-refractivity contribution in [2.75, 3.05) is 19.1 Å². The summed E-state index contributed by atoms with van der Waals surface area (Å²) >= 11 is 7.07. The first-order valence-electron chi connectivity index (χ1n) is 2.26. The maximum Gasteiger partial charge on any atom is 0.000706 e. The molecule has 0 bridgehead atoms. The molecule has 0 saturated heterocycles. The van der Waals surface area contributed by atoms with Crippen molar-refractivity contribution in [3.8, 4) is 0 Å². The van der Waals surface area contributed by atoms with Gasteiger partial charge in [-0.1, -0.05) is 18.7 Å². The molecule has 0 amide bonds. The highest BCUT2D eigenvalue weighted by Crippen LogP contribution is 2.51. The summed E-state index contributed by atoms with van der Waals surface area (Å²) in [6.07, 6.45) is 0. The summed E-state index contributed by atoms with van der Waals surface area (Å²) < 4.78 is 0. The van der Waals surface area contributed by atoms with Crippen molar-refractivity contribution in [1.29, 1.82) is 0 Å². The molecule has 0 spiro atoms. The van der Waals surface area contributed by atoms with Crippen molar-refractivity contribution in [3.63, 3.8) is 0 Å². The molecular weight excluding hydrogens is 143 g/mol. The van der Waals surface area contributed by atoms with Crippen LogP contribution in [-0.4, -0.2) is 19.1 Å². The predicted molar refractivity (Wildman–Crippen MR) is 44.3 cm³/mol. The Morgan fingerprint density at radius 2 is 2.00 bits per heavy atom. The molecule has 0 N–H and O–H groups in total. The van der Waals surface area contributed by atoms with E-state index in [0.717, 1.165) is 0 Å². The van der Waals surface area contributed by atoms with Crippen LogP contribution in [0.2, 0.25) is 0 Å². The third-order valence-corrected chi connectivity index (χ3v) is 4.91. The van der Waals surface area contributed by atoms with Gasteiger partial charge in [0.1, 0.15) is 0 Å². The fraction of sp³-hybridized carbons (Fsp3) is 1.00. The monoisotopic (exact) mass is 154 g/mol. The van der Waals surface area contributed by atoms with E-state index in [9.17, 15) is 0 Å². The number of hydrogen-bond acceptors (Lipinski definition) is 2. The Hall–Kier alpha value is 1.00. The van der Waals surface area contributed by atoms with E-state index in [1.54, 1.807) is 0 Å². The summed E-state index contributed by atoms with van der Waals surface area (Å²) in [6.45, 7) is 6.48. The molecule has 0 saturated carbocycles. The molecule has 0 aliphatic heterocycles. The van der Waals surface area contributed by atoms with Gasteiger partial charge < -0.3 is 0 Å². The average Bonchev–Trinajstić information content (AvgIpc) is 1.30. The summed E-state index contributed by atoms with van der Waals surface area (Å²) in [7, 11) is 0. The van der Waals surface area contributed by atoms with Crippen LogP contribution in [0.15, 0.2) is 0 Å². The van der Waals surface area contributed by atoms with Crippen LogP contribution in [0.3, 0.4) is 0 Å². The van der Waals surface area contributed by atoms with E-state index in [2.05, 4.69) is 20.3 Å². The van der Waals surface area contributed by atoms with Crippen molar-refractivity contribution in [2.45, 2.75) is 6.92 Å². The van der Waals surface area contributed by atoms with Crippen LogP contribution in [0.4, 0.5) is 0 Å². The van der Waals surface area contributed by atoms with E-state index in [1.165, 1.54) is 5.75 Å². The van der Waals surface area contributed by atoms with Crippen LogP contribution in [0.1, 0.15) is 6.92 Å². The molecule has 0 unspecified atom stereocenters. The zero-order valence-electron chi connectivity index (χ0n) is 4.97. The molecule has 0 aromatic carbocycles. The zero-order chi connectivity index (χ0) is 5.91. The average molecular weight is 154 g/mol. The second-order valence-electron chi connectivity index (χ2n) is 1.67. The van der Waals surface area contributed by atoms with Crippen LogP contribution in [0.25, 0.3) is 0 Å². The van der Waals surface area contributed by atoms with Gasteiger partial charge in [0.25, 0.3) is 0 Å². The minimum atomic E-state index is -0.916. The lowest BCUT2D eigenvalue weighted by molar-refractivity contribution is 1.54. The molecule has 0 nitrogen and oxygen atoms in total. The molecule has 3 heteroatoms. The second kappa shape index (κ2) is 3.11. The fourth-order valence-electron chi connectivity index (χ4n) is 0.311. The molecule has 0 fully saturated rings. The predicted octanol–water partition coefficient (Wildman–Crippen LogP) is 2.39. The van der Waals surface area contributed by atoms with Gasteiger partial charge in [0.15, 0.2) is 0 Å². The Morgan fingerprint density at radius 1 is 1.57 bits per heavy atom. The van der Waals surface area contributed by atoms with Crippen molar-refractivity contribution >= 4 is 28.4 Å². The first-order chi connectivity index (χ1) is 3.06. The maximum absolute atomic E-state index is 5.16. The Kier molecular flexibility index (Phi) is 3.56. The topological polar surface area (TPSA) is 0 Å². The van der Waals surface area contributed by atoms with Crippen molar-refractivity contribution in [2.24, 2.45) is 0 Å². The lowest BCUT2D eigenvalue weighted by atomic mass is 11.0. The van der Waals surface area contributed by atoms with Gasteiger partial charge in [-0.15, -0.1) is 11.4 Å². The van der Waals surface area contributed by atoms with E-state index in [0.29, 0.717) is 0 Å². The van der Waals surface area contributed by atoms with E-state index in [-0.39, 0.29) is 0 Å². The lowest BCUT2D eigenvalue weighted by Gasteiger charge is -2.04. The van der Waals surface area contributed by atoms with Gasteiger partial charge in [0.2, 0.25) is 0 Å². The van der Waals surface area contributed by atoms with E-state index in [4.69, 9.17) is 11.8 Å². The fourth-order valence-corrected chi connectivity index (χ4v) is 3.75. The van der Waals surface area contributed by atoms with Gasteiger partial charge in [0, 0.05) is 5.24 Å². The third-order valence-electron chi connectivity index (χ3n) is 0.440. The van der Waals surface area contributed by atoms with E-state index >= 15 is 0 Å². The van der Waals surface area contributed by atoms with Gasteiger partial charge in [-0.2, -0.15) is 0 Å². The minimum Gasteiger partial charge on any atom is -0.125 e. The smallest absolute Gasteiger partial charge is 0.000706 e. The van der Waals surface area contributed by atoms with Crippen LogP contribution < -0.4 is 0 Å².